The highest BCUT2D eigenvalue weighted by molar-refractivity contribution is 9.10. The Morgan fingerprint density at radius 3 is 2.60 bits per heavy atom. The Labute approximate surface area is 125 Å². The van der Waals surface area contributed by atoms with E-state index in [2.05, 4.69) is 20.9 Å². The van der Waals surface area contributed by atoms with E-state index < -0.39 is 5.92 Å². The van der Waals surface area contributed by atoms with Crippen LogP contribution in [0.15, 0.2) is 53.1 Å². The SMILES string of the molecule is COC(=O)C(COc1cccc(Br)n1)c1ccccc1. The van der Waals surface area contributed by atoms with Gasteiger partial charge in [0.05, 0.1) is 7.11 Å². The van der Waals surface area contributed by atoms with E-state index in [1.165, 1.54) is 7.11 Å². The number of pyridine rings is 1. The van der Waals surface area contributed by atoms with Crippen LogP contribution in [-0.2, 0) is 9.53 Å². The number of nitrogens with zero attached hydrogens (tertiary/aromatic N) is 1. The largest absolute Gasteiger partial charge is 0.476 e. The van der Waals surface area contributed by atoms with E-state index in [4.69, 9.17) is 9.47 Å². The molecule has 0 radical (unpaired) electrons. The molecule has 0 aliphatic heterocycles. The van der Waals surface area contributed by atoms with Gasteiger partial charge in [-0.1, -0.05) is 36.4 Å². The van der Waals surface area contributed by atoms with Crippen molar-refractivity contribution in [3.63, 3.8) is 0 Å². The fraction of sp³-hybridized carbons (Fsp3) is 0.200. The second-order valence-electron chi connectivity index (χ2n) is 4.10. The Morgan fingerprint density at radius 1 is 1.20 bits per heavy atom. The van der Waals surface area contributed by atoms with Crippen molar-refractivity contribution >= 4 is 21.9 Å². The van der Waals surface area contributed by atoms with Crippen LogP contribution in [-0.4, -0.2) is 24.7 Å². The van der Waals surface area contributed by atoms with Gasteiger partial charge in [-0.05, 0) is 27.6 Å². The van der Waals surface area contributed by atoms with Crippen molar-refractivity contribution in [1.29, 1.82) is 0 Å². The van der Waals surface area contributed by atoms with Crippen molar-refractivity contribution in [1.82, 2.24) is 4.98 Å². The van der Waals surface area contributed by atoms with Crippen LogP contribution in [0.25, 0.3) is 0 Å². The Balaban J connectivity index is 2.11. The number of aromatic nitrogens is 1. The quantitative estimate of drug-likeness (QED) is 0.622. The molecule has 0 amide bonds. The maximum atomic E-state index is 11.9. The molecular weight excluding hydrogens is 322 g/mol. The summed E-state index contributed by atoms with van der Waals surface area (Å²) in [6.45, 7) is 0.181. The predicted octanol–water partition coefficient (Wildman–Crippen LogP) is 3.18. The Hall–Kier alpha value is -1.88. The first kappa shape index (κ1) is 14.5. The second kappa shape index (κ2) is 7.05. The van der Waals surface area contributed by atoms with Crippen molar-refractivity contribution in [2.45, 2.75) is 5.92 Å². The van der Waals surface area contributed by atoms with Crippen LogP contribution in [0.1, 0.15) is 11.5 Å². The molecule has 2 rings (SSSR count). The van der Waals surface area contributed by atoms with E-state index >= 15 is 0 Å². The lowest BCUT2D eigenvalue weighted by Crippen LogP contribution is -2.21. The number of carbonyl (C=O) groups excluding carboxylic acids is 1. The molecule has 1 atom stereocenters. The minimum absolute atomic E-state index is 0.181. The third-order valence-corrected chi connectivity index (χ3v) is 3.22. The van der Waals surface area contributed by atoms with E-state index in [9.17, 15) is 4.79 Å². The number of ether oxygens (including phenoxy) is 2. The summed E-state index contributed by atoms with van der Waals surface area (Å²) >= 11 is 3.27. The molecular formula is C15H14BrNO3. The van der Waals surface area contributed by atoms with Gasteiger partial charge in [0.15, 0.2) is 0 Å². The molecule has 1 heterocycles. The minimum atomic E-state index is -0.470. The first-order valence-corrected chi connectivity index (χ1v) is 6.88. The van der Waals surface area contributed by atoms with E-state index in [0.717, 1.165) is 5.56 Å². The molecule has 1 unspecified atom stereocenters. The second-order valence-corrected chi connectivity index (χ2v) is 4.91. The van der Waals surface area contributed by atoms with E-state index in [0.29, 0.717) is 10.5 Å². The van der Waals surface area contributed by atoms with Gasteiger partial charge < -0.3 is 9.47 Å². The summed E-state index contributed by atoms with van der Waals surface area (Å²) in [5.74, 6) is -0.336. The molecule has 0 aliphatic rings. The highest BCUT2D eigenvalue weighted by Gasteiger charge is 2.22. The van der Waals surface area contributed by atoms with Crippen LogP contribution in [0.3, 0.4) is 0 Å². The molecule has 1 aromatic carbocycles. The highest BCUT2D eigenvalue weighted by Crippen LogP contribution is 2.19. The average Bonchev–Trinajstić information content (AvgIpc) is 2.48. The number of esters is 1. The van der Waals surface area contributed by atoms with Crippen LogP contribution >= 0.6 is 15.9 Å². The monoisotopic (exact) mass is 335 g/mol. The third-order valence-electron chi connectivity index (χ3n) is 2.78. The highest BCUT2D eigenvalue weighted by atomic mass is 79.9. The van der Waals surface area contributed by atoms with E-state index in [1.807, 2.05) is 42.5 Å². The number of methoxy groups -OCH3 is 1. The molecule has 2 aromatic rings. The van der Waals surface area contributed by atoms with Gasteiger partial charge in [-0.2, -0.15) is 0 Å². The first-order chi connectivity index (χ1) is 9.70. The Kier molecular flexibility index (Phi) is 5.12. The fourth-order valence-corrected chi connectivity index (χ4v) is 2.09. The zero-order valence-corrected chi connectivity index (χ0v) is 12.5. The van der Waals surface area contributed by atoms with Crippen molar-refractivity contribution in [2.24, 2.45) is 0 Å². The van der Waals surface area contributed by atoms with Crippen molar-refractivity contribution < 1.29 is 14.3 Å². The normalized spacial score (nSPS) is 11.7. The summed E-state index contributed by atoms with van der Waals surface area (Å²) in [6, 6.07) is 14.8. The molecule has 0 saturated heterocycles. The summed E-state index contributed by atoms with van der Waals surface area (Å²) in [7, 11) is 1.37. The van der Waals surface area contributed by atoms with Gasteiger partial charge in [-0.15, -0.1) is 0 Å². The molecule has 0 fully saturated rings. The summed E-state index contributed by atoms with van der Waals surface area (Å²) in [5, 5.41) is 0. The number of halogens is 1. The number of benzene rings is 1. The summed E-state index contributed by atoms with van der Waals surface area (Å²) in [4.78, 5) is 16.0. The zero-order chi connectivity index (χ0) is 14.4. The van der Waals surface area contributed by atoms with Crippen molar-refractivity contribution in [3.05, 3.63) is 58.7 Å². The number of rotatable bonds is 5. The molecule has 1 aromatic heterocycles. The molecule has 20 heavy (non-hydrogen) atoms. The number of hydrogen-bond donors (Lipinski definition) is 0. The fourth-order valence-electron chi connectivity index (χ4n) is 1.77. The van der Waals surface area contributed by atoms with Crippen LogP contribution in [0.2, 0.25) is 0 Å². The van der Waals surface area contributed by atoms with Gasteiger partial charge in [-0.25, -0.2) is 4.98 Å². The van der Waals surface area contributed by atoms with Gasteiger partial charge in [-0.3, -0.25) is 4.79 Å². The summed E-state index contributed by atoms with van der Waals surface area (Å²) in [6.07, 6.45) is 0. The van der Waals surface area contributed by atoms with Crippen LogP contribution in [0.4, 0.5) is 0 Å². The Bertz CT molecular complexity index is 574. The lowest BCUT2D eigenvalue weighted by atomic mass is 10.0. The predicted molar refractivity (Wildman–Crippen MR) is 78.6 cm³/mol. The minimum Gasteiger partial charge on any atom is -0.476 e. The molecule has 4 nitrogen and oxygen atoms in total. The number of hydrogen-bond acceptors (Lipinski definition) is 4. The standard InChI is InChI=1S/C15H14BrNO3/c1-19-15(18)12(11-6-3-2-4-7-11)10-20-14-9-5-8-13(16)17-14/h2-9,12H,10H2,1H3. The summed E-state index contributed by atoms with van der Waals surface area (Å²) < 4.78 is 11.1. The van der Waals surface area contributed by atoms with Crippen LogP contribution in [0, 0.1) is 0 Å². The van der Waals surface area contributed by atoms with Crippen molar-refractivity contribution in [2.75, 3.05) is 13.7 Å². The maximum absolute atomic E-state index is 11.9. The maximum Gasteiger partial charge on any atom is 0.316 e. The van der Waals surface area contributed by atoms with Crippen LogP contribution < -0.4 is 4.74 Å². The lowest BCUT2D eigenvalue weighted by molar-refractivity contribution is -0.143. The Morgan fingerprint density at radius 2 is 1.95 bits per heavy atom. The molecule has 5 heteroatoms. The molecule has 0 spiro atoms. The molecule has 0 N–H and O–H groups in total. The molecule has 0 aliphatic carbocycles. The topological polar surface area (TPSA) is 48.4 Å². The van der Waals surface area contributed by atoms with Crippen LogP contribution in [0.5, 0.6) is 5.88 Å². The number of carbonyl (C=O) groups is 1. The lowest BCUT2D eigenvalue weighted by Gasteiger charge is -2.15. The smallest absolute Gasteiger partial charge is 0.316 e. The first-order valence-electron chi connectivity index (χ1n) is 6.09. The summed E-state index contributed by atoms with van der Waals surface area (Å²) in [5.41, 5.74) is 0.856. The third kappa shape index (κ3) is 3.81. The average molecular weight is 336 g/mol. The van der Waals surface area contributed by atoms with Gasteiger partial charge in [0, 0.05) is 6.07 Å². The molecule has 0 saturated carbocycles. The molecule has 0 bridgehead atoms. The van der Waals surface area contributed by atoms with E-state index in [1.54, 1.807) is 6.07 Å². The zero-order valence-electron chi connectivity index (χ0n) is 11.0. The van der Waals surface area contributed by atoms with Gasteiger partial charge in [0.1, 0.15) is 17.1 Å². The van der Waals surface area contributed by atoms with Crippen molar-refractivity contribution in [3.8, 4) is 5.88 Å². The van der Waals surface area contributed by atoms with Gasteiger partial charge >= 0.3 is 5.97 Å². The van der Waals surface area contributed by atoms with Gasteiger partial charge in [0.25, 0.3) is 0 Å². The molecule has 104 valence electrons. The van der Waals surface area contributed by atoms with E-state index in [-0.39, 0.29) is 12.6 Å². The van der Waals surface area contributed by atoms with Gasteiger partial charge in [0.2, 0.25) is 5.88 Å².